The summed E-state index contributed by atoms with van der Waals surface area (Å²) in [6.07, 6.45) is 3.04. The molecule has 0 saturated carbocycles. The van der Waals surface area contributed by atoms with E-state index in [0.29, 0.717) is 5.92 Å². The van der Waals surface area contributed by atoms with Crippen molar-refractivity contribution in [1.29, 1.82) is 0 Å². The minimum atomic E-state index is 0. The molecule has 1 amide bonds. The van der Waals surface area contributed by atoms with Gasteiger partial charge in [-0.25, -0.2) is 0 Å². The van der Waals surface area contributed by atoms with Gasteiger partial charge in [0.1, 0.15) is 11.4 Å². The second-order valence-corrected chi connectivity index (χ2v) is 9.90. The summed E-state index contributed by atoms with van der Waals surface area (Å²) in [5.41, 5.74) is 5.93. The normalized spacial score (nSPS) is 22.2. The fourth-order valence-electron chi connectivity index (χ4n) is 6.00. The smallest absolute Gasteiger partial charge is 0.271 e. The van der Waals surface area contributed by atoms with Crippen molar-refractivity contribution < 1.29 is 9.53 Å². The van der Waals surface area contributed by atoms with Gasteiger partial charge in [0.2, 0.25) is 0 Å². The van der Waals surface area contributed by atoms with Crippen molar-refractivity contribution in [2.75, 3.05) is 20.2 Å². The number of H-pyrrole nitrogens is 1. The van der Waals surface area contributed by atoms with Crippen LogP contribution in [-0.4, -0.2) is 48.1 Å². The lowest BCUT2D eigenvalue weighted by Crippen LogP contribution is -2.52. The third kappa shape index (κ3) is 4.06. The molecule has 4 rings (SSSR count). The summed E-state index contributed by atoms with van der Waals surface area (Å²) in [5.74, 6) is 1.54. The molecular weight excluding hydrogens is 422 g/mol. The number of ether oxygens (including phenoxy) is 1. The summed E-state index contributed by atoms with van der Waals surface area (Å²) in [6, 6.07) is 8.93. The molecular formula is C26H38ClN3O2. The Labute approximate surface area is 198 Å². The summed E-state index contributed by atoms with van der Waals surface area (Å²) >= 11 is 0. The highest BCUT2D eigenvalue weighted by Gasteiger charge is 2.47. The van der Waals surface area contributed by atoms with Crippen molar-refractivity contribution in [2.45, 2.75) is 71.4 Å². The number of piperidine rings is 1. The van der Waals surface area contributed by atoms with E-state index in [1.807, 2.05) is 11.0 Å². The van der Waals surface area contributed by atoms with Gasteiger partial charge in [-0.1, -0.05) is 12.1 Å². The van der Waals surface area contributed by atoms with E-state index in [1.165, 1.54) is 16.8 Å². The second-order valence-electron chi connectivity index (χ2n) is 9.90. The minimum Gasteiger partial charge on any atom is -0.497 e. The monoisotopic (exact) mass is 459 g/mol. The van der Waals surface area contributed by atoms with Crippen molar-refractivity contribution in [3.63, 3.8) is 0 Å². The van der Waals surface area contributed by atoms with Gasteiger partial charge in [-0.05, 0) is 102 Å². The molecule has 1 aliphatic carbocycles. The number of rotatable bonds is 5. The lowest BCUT2D eigenvalue weighted by atomic mass is 9.59. The lowest BCUT2D eigenvalue weighted by molar-refractivity contribution is 0.0637. The van der Waals surface area contributed by atoms with Crippen molar-refractivity contribution in [3.05, 3.63) is 52.3 Å². The maximum atomic E-state index is 13.5. The van der Waals surface area contributed by atoms with E-state index in [4.69, 9.17) is 4.74 Å². The number of aromatic nitrogens is 1. The highest BCUT2D eigenvalue weighted by Crippen LogP contribution is 2.48. The quantitative estimate of drug-likeness (QED) is 0.683. The Morgan fingerprint density at radius 3 is 2.59 bits per heavy atom. The van der Waals surface area contributed by atoms with E-state index < -0.39 is 0 Å². The number of carbonyl (C=O) groups excluding carboxylic acids is 1. The van der Waals surface area contributed by atoms with E-state index in [0.717, 1.165) is 49.4 Å². The number of methoxy groups -OCH3 is 1. The maximum Gasteiger partial charge on any atom is 0.271 e. The molecule has 176 valence electrons. The summed E-state index contributed by atoms with van der Waals surface area (Å²) in [5, 5.41) is 3.62. The van der Waals surface area contributed by atoms with Crippen LogP contribution in [-0.2, 0) is 18.3 Å². The van der Waals surface area contributed by atoms with Crippen molar-refractivity contribution in [2.24, 2.45) is 5.92 Å². The third-order valence-corrected chi connectivity index (χ3v) is 7.54. The Morgan fingerprint density at radius 2 is 1.94 bits per heavy atom. The third-order valence-electron chi connectivity index (χ3n) is 7.54. The SMILES string of the molecule is COc1cccc([C@@]23CCNC[C@H]2Cc2c([nH]c(C(=O)N(C(C)C)C(C)C)c2C)C3)c1.Cl. The van der Waals surface area contributed by atoms with Gasteiger partial charge in [-0.15, -0.1) is 12.4 Å². The summed E-state index contributed by atoms with van der Waals surface area (Å²) in [4.78, 5) is 19.1. The number of halogens is 1. The van der Waals surface area contributed by atoms with Crippen LogP contribution >= 0.6 is 12.4 Å². The zero-order chi connectivity index (χ0) is 22.3. The van der Waals surface area contributed by atoms with Crippen LogP contribution in [0, 0.1) is 12.8 Å². The Bertz CT molecular complexity index is 960. The minimum absolute atomic E-state index is 0. The molecule has 1 fully saturated rings. The van der Waals surface area contributed by atoms with E-state index in [2.05, 4.69) is 63.1 Å². The van der Waals surface area contributed by atoms with Crippen LogP contribution in [0.25, 0.3) is 0 Å². The van der Waals surface area contributed by atoms with Crippen LogP contribution in [0.4, 0.5) is 0 Å². The first-order valence-corrected chi connectivity index (χ1v) is 11.7. The number of nitrogens with zero attached hydrogens (tertiary/aromatic N) is 1. The summed E-state index contributed by atoms with van der Waals surface area (Å²) in [6.45, 7) is 12.5. The number of carbonyl (C=O) groups is 1. The molecule has 1 aromatic heterocycles. The molecule has 2 atom stereocenters. The fraction of sp³-hybridized carbons (Fsp3) is 0.577. The average molecular weight is 460 g/mol. The number of aromatic amines is 1. The van der Waals surface area contributed by atoms with E-state index >= 15 is 0 Å². The zero-order valence-corrected chi connectivity index (χ0v) is 21.1. The summed E-state index contributed by atoms with van der Waals surface area (Å²) < 4.78 is 5.54. The predicted molar refractivity (Wildman–Crippen MR) is 132 cm³/mol. The van der Waals surface area contributed by atoms with E-state index in [9.17, 15) is 4.79 Å². The van der Waals surface area contributed by atoms with E-state index in [-0.39, 0.29) is 35.8 Å². The number of hydrogen-bond acceptors (Lipinski definition) is 3. The van der Waals surface area contributed by atoms with Gasteiger partial charge in [0, 0.05) is 23.2 Å². The highest BCUT2D eigenvalue weighted by atomic mass is 35.5. The molecule has 0 unspecified atom stereocenters. The van der Waals surface area contributed by atoms with E-state index in [1.54, 1.807) is 7.11 Å². The zero-order valence-electron chi connectivity index (χ0n) is 20.2. The molecule has 0 bridgehead atoms. The number of nitrogens with one attached hydrogen (secondary N) is 2. The number of hydrogen-bond donors (Lipinski definition) is 2. The second kappa shape index (κ2) is 9.48. The molecule has 32 heavy (non-hydrogen) atoms. The van der Waals surface area contributed by atoms with Gasteiger partial charge in [0.15, 0.2) is 0 Å². The lowest BCUT2D eigenvalue weighted by Gasteiger charge is -2.48. The molecule has 1 aromatic carbocycles. The topological polar surface area (TPSA) is 57.4 Å². The molecule has 1 aliphatic heterocycles. The molecule has 2 aromatic rings. The molecule has 1 saturated heterocycles. The van der Waals surface area contributed by atoms with Crippen LogP contribution in [0.15, 0.2) is 24.3 Å². The van der Waals surface area contributed by atoms with Crippen molar-refractivity contribution in [3.8, 4) is 5.75 Å². The molecule has 2 N–H and O–H groups in total. The van der Waals surface area contributed by atoms with Crippen LogP contribution in [0.3, 0.4) is 0 Å². The van der Waals surface area contributed by atoms with Crippen LogP contribution in [0.1, 0.15) is 67.0 Å². The Hall–Kier alpha value is -1.98. The van der Waals surface area contributed by atoms with Gasteiger partial charge in [0.25, 0.3) is 5.91 Å². The number of amides is 1. The predicted octanol–water partition coefficient (Wildman–Crippen LogP) is 4.66. The van der Waals surface area contributed by atoms with Crippen LogP contribution in [0.5, 0.6) is 5.75 Å². The Balaban J connectivity index is 0.00000289. The maximum absolute atomic E-state index is 13.5. The first-order chi connectivity index (χ1) is 14.8. The molecule has 0 radical (unpaired) electrons. The van der Waals surface area contributed by atoms with Crippen LogP contribution < -0.4 is 10.1 Å². The first kappa shape index (κ1) is 24.7. The number of fused-ring (bicyclic) bond motifs is 2. The molecule has 6 heteroatoms. The fourth-order valence-corrected chi connectivity index (χ4v) is 6.00. The first-order valence-electron chi connectivity index (χ1n) is 11.7. The highest BCUT2D eigenvalue weighted by molar-refractivity contribution is 5.95. The molecule has 5 nitrogen and oxygen atoms in total. The van der Waals surface area contributed by atoms with Gasteiger partial charge < -0.3 is 19.9 Å². The average Bonchev–Trinajstić information content (AvgIpc) is 3.06. The Kier molecular flexibility index (Phi) is 7.31. The molecule has 2 aliphatic rings. The Morgan fingerprint density at radius 1 is 1.22 bits per heavy atom. The van der Waals surface area contributed by atoms with Crippen molar-refractivity contribution in [1.82, 2.24) is 15.2 Å². The van der Waals surface area contributed by atoms with Gasteiger partial charge >= 0.3 is 0 Å². The molecule has 0 spiro atoms. The largest absolute Gasteiger partial charge is 0.497 e. The standard InChI is InChI=1S/C26H37N3O2.ClH/c1-16(2)29(17(3)4)25(30)24-18(5)22-13-20-15-27-11-10-26(20,14-23(22)28-24)19-8-7-9-21(12-19)31-6;/h7-9,12,16-17,20,27-28H,10-11,13-15H2,1-6H3;1H/t20-,26+;/m1./s1. The van der Waals surface area contributed by atoms with Gasteiger partial charge in [-0.2, -0.15) is 0 Å². The van der Waals surface area contributed by atoms with Crippen molar-refractivity contribution >= 4 is 18.3 Å². The number of benzene rings is 1. The van der Waals surface area contributed by atoms with Gasteiger partial charge in [0.05, 0.1) is 7.11 Å². The van der Waals surface area contributed by atoms with Gasteiger partial charge in [-0.3, -0.25) is 4.79 Å². The summed E-state index contributed by atoms with van der Waals surface area (Å²) in [7, 11) is 1.73. The van der Waals surface area contributed by atoms with Crippen LogP contribution in [0.2, 0.25) is 0 Å². The molecule has 2 heterocycles.